The predicted molar refractivity (Wildman–Crippen MR) is 106 cm³/mol. The number of aliphatic imine (C=N–C) groups is 1. The molecule has 0 unspecified atom stereocenters. The van der Waals surface area contributed by atoms with Crippen molar-refractivity contribution in [2.24, 2.45) is 4.99 Å². The number of furan rings is 1. The first-order valence-corrected chi connectivity index (χ1v) is 8.92. The zero-order valence-corrected chi connectivity index (χ0v) is 15.5. The molecule has 7 nitrogen and oxygen atoms in total. The third-order valence-electron chi connectivity index (χ3n) is 4.46. The molecular weight excluding hydrogens is 340 g/mol. The van der Waals surface area contributed by atoms with Crippen LogP contribution in [0.4, 0.5) is 0 Å². The van der Waals surface area contributed by atoms with E-state index in [1.54, 1.807) is 7.05 Å². The van der Waals surface area contributed by atoms with Gasteiger partial charge in [-0.15, -0.1) is 10.2 Å². The average Bonchev–Trinajstić information content (AvgIpc) is 3.28. The standard InChI is InChI=1S/C20H22N6O/c1-21-20(22-11-10-19-24-23-18-9-5-6-12-26(18)19)25(2)14-16-13-15-7-3-4-8-17(15)27-16/h3-9,12-13H,10-11,14H2,1-2H3,(H,21,22). The number of fused-ring (bicyclic) bond motifs is 2. The Morgan fingerprint density at radius 2 is 2.04 bits per heavy atom. The molecule has 0 saturated carbocycles. The van der Waals surface area contributed by atoms with Gasteiger partial charge in [-0.25, -0.2) is 0 Å². The largest absolute Gasteiger partial charge is 0.459 e. The molecule has 1 N–H and O–H groups in total. The number of hydrogen-bond donors (Lipinski definition) is 1. The van der Waals surface area contributed by atoms with Crippen molar-refractivity contribution in [3.63, 3.8) is 0 Å². The number of aromatic nitrogens is 3. The Balaban J connectivity index is 1.37. The van der Waals surface area contributed by atoms with Gasteiger partial charge in [0.2, 0.25) is 0 Å². The van der Waals surface area contributed by atoms with Crippen molar-refractivity contribution in [3.8, 4) is 0 Å². The lowest BCUT2D eigenvalue weighted by atomic mass is 10.2. The van der Waals surface area contributed by atoms with Crippen molar-refractivity contribution >= 4 is 22.6 Å². The summed E-state index contributed by atoms with van der Waals surface area (Å²) in [5.74, 6) is 2.64. The van der Waals surface area contributed by atoms with Crippen molar-refractivity contribution in [3.05, 3.63) is 66.3 Å². The molecule has 1 aromatic carbocycles. The minimum absolute atomic E-state index is 0.641. The van der Waals surface area contributed by atoms with Crippen molar-refractivity contribution in [1.29, 1.82) is 0 Å². The van der Waals surface area contributed by atoms with Crippen molar-refractivity contribution < 1.29 is 4.42 Å². The maximum Gasteiger partial charge on any atom is 0.193 e. The summed E-state index contributed by atoms with van der Waals surface area (Å²) in [4.78, 5) is 6.41. The van der Waals surface area contributed by atoms with Crippen LogP contribution in [0.1, 0.15) is 11.6 Å². The van der Waals surface area contributed by atoms with Crippen LogP contribution in [0.5, 0.6) is 0 Å². The van der Waals surface area contributed by atoms with E-state index in [0.29, 0.717) is 13.1 Å². The number of nitrogens with zero attached hydrogens (tertiary/aromatic N) is 5. The summed E-state index contributed by atoms with van der Waals surface area (Å²) in [6, 6.07) is 16.0. The highest BCUT2D eigenvalue weighted by atomic mass is 16.3. The van der Waals surface area contributed by atoms with Gasteiger partial charge in [-0.2, -0.15) is 0 Å². The second-order valence-electron chi connectivity index (χ2n) is 6.38. The highest BCUT2D eigenvalue weighted by Crippen LogP contribution is 2.19. The maximum atomic E-state index is 5.90. The molecule has 0 spiro atoms. The molecule has 27 heavy (non-hydrogen) atoms. The van der Waals surface area contributed by atoms with Crippen LogP contribution in [0.25, 0.3) is 16.6 Å². The van der Waals surface area contributed by atoms with Crippen molar-refractivity contribution in [1.82, 2.24) is 24.8 Å². The summed E-state index contributed by atoms with van der Waals surface area (Å²) < 4.78 is 7.90. The summed E-state index contributed by atoms with van der Waals surface area (Å²) in [5.41, 5.74) is 1.77. The zero-order valence-electron chi connectivity index (χ0n) is 15.5. The molecule has 0 aliphatic carbocycles. The van der Waals surface area contributed by atoms with Gasteiger partial charge in [0, 0.05) is 38.6 Å². The molecule has 4 rings (SSSR count). The summed E-state index contributed by atoms with van der Waals surface area (Å²) in [5, 5.41) is 12.9. The fourth-order valence-electron chi connectivity index (χ4n) is 3.16. The Labute approximate surface area is 157 Å². The van der Waals surface area contributed by atoms with Crippen molar-refractivity contribution in [2.75, 3.05) is 20.6 Å². The molecule has 0 aliphatic rings. The van der Waals surface area contributed by atoms with Gasteiger partial charge in [0.05, 0.1) is 6.54 Å². The zero-order chi connectivity index (χ0) is 18.6. The van der Waals surface area contributed by atoms with Gasteiger partial charge < -0.3 is 14.6 Å². The molecule has 0 amide bonds. The topological polar surface area (TPSA) is 71.0 Å². The minimum atomic E-state index is 0.641. The molecule has 0 fully saturated rings. The van der Waals surface area contributed by atoms with E-state index in [2.05, 4.69) is 32.6 Å². The first kappa shape index (κ1) is 17.1. The highest BCUT2D eigenvalue weighted by Gasteiger charge is 2.11. The molecule has 3 heterocycles. The molecule has 7 heteroatoms. The van der Waals surface area contributed by atoms with Crippen LogP contribution in [-0.2, 0) is 13.0 Å². The van der Waals surface area contributed by atoms with Crippen LogP contribution < -0.4 is 5.32 Å². The lowest BCUT2D eigenvalue weighted by Crippen LogP contribution is -2.39. The van der Waals surface area contributed by atoms with Gasteiger partial charge in [0.1, 0.15) is 17.2 Å². The predicted octanol–water partition coefficient (Wildman–Crippen LogP) is 2.73. The van der Waals surface area contributed by atoms with E-state index in [1.807, 2.05) is 58.9 Å². The number of rotatable bonds is 5. The first-order valence-electron chi connectivity index (χ1n) is 8.92. The second kappa shape index (κ2) is 7.49. The highest BCUT2D eigenvalue weighted by molar-refractivity contribution is 5.80. The number of para-hydroxylation sites is 1. The van der Waals surface area contributed by atoms with E-state index in [0.717, 1.165) is 40.6 Å². The van der Waals surface area contributed by atoms with Crippen LogP contribution >= 0.6 is 0 Å². The van der Waals surface area contributed by atoms with Gasteiger partial charge in [0.15, 0.2) is 11.6 Å². The van der Waals surface area contributed by atoms with E-state index in [9.17, 15) is 0 Å². The number of nitrogens with one attached hydrogen (secondary N) is 1. The van der Waals surface area contributed by atoms with Crippen LogP contribution in [0, 0.1) is 0 Å². The molecule has 0 aliphatic heterocycles. The minimum Gasteiger partial charge on any atom is -0.459 e. The normalized spacial score (nSPS) is 12.0. The number of pyridine rings is 1. The van der Waals surface area contributed by atoms with Crippen LogP contribution in [-0.4, -0.2) is 46.1 Å². The molecule has 0 saturated heterocycles. The summed E-state index contributed by atoms with van der Waals surface area (Å²) in [6.45, 7) is 1.36. The number of guanidine groups is 1. The van der Waals surface area contributed by atoms with Crippen LogP contribution in [0.2, 0.25) is 0 Å². The number of hydrogen-bond acceptors (Lipinski definition) is 4. The van der Waals surface area contributed by atoms with Gasteiger partial charge in [-0.1, -0.05) is 24.3 Å². The third kappa shape index (κ3) is 3.62. The Morgan fingerprint density at radius 3 is 2.89 bits per heavy atom. The number of benzene rings is 1. The van der Waals surface area contributed by atoms with E-state index in [1.165, 1.54) is 0 Å². The lowest BCUT2D eigenvalue weighted by molar-refractivity contribution is 0.413. The smallest absolute Gasteiger partial charge is 0.193 e. The van der Waals surface area contributed by atoms with Gasteiger partial charge in [-0.05, 0) is 24.3 Å². The molecule has 3 aromatic heterocycles. The van der Waals surface area contributed by atoms with Crippen molar-refractivity contribution in [2.45, 2.75) is 13.0 Å². The summed E-state index contributed by atoms with van der Waals surface area (Å²) >= 11 is 0. The summed E-state index contributed by atoms with van der Waals surface area (Å²) in [7, 11) is 3.78. The fraction of sp³-hybridized carbons (Fsp3) is 0.250. The molecule has 0 radical (unpaired) electrons. The monoisotopic (exact) mass is 362 g/mol. The van der Waals surface area contributed by atoms with E-state index >= 15 is 0 Å². The Kier molecular flexibility index (Phi) is 4.74. The quantitative estimate of drug-likeness (QED) is 0.437. The van der Waals surface area contributed by atoms with Crippen LogP contribution in [0.15, 0.2) is 64.1 Å². The molecule has 0 atom stereocenters. The molecule has 138 valence electrons. The maximum absolute atomic E-state index is 5.90. The third-order valence-corrected chi connectivity index (χ3v) is 4.46. The molecular formula is C20H22N6O. The Hall–Kier alpha value is -3.35. The fourth-order valence-corrected chi connectivity index (χ4v) is 3.16. The molecule has 4 aromatic rings. The van der Waals surface area contributed by atoms with E-state index in [-0.39, 0.29) is 0 Å². The second-order valence-corrected chi connectivity index (χ2v) is 6.38. The van der Waals surface area contributed by atoms with Gasteiger partial charge >= 0.3 is 0 Å². The Morgan fingerprint density at radius 1 is 1.19 bits per heavy atom. The van der Waals surface area contributed by atoms with Crippen LogP contribution in [0.3, 0.4) is 0 Å². The molecule has 0 bridgehead atoms. The van der Waals surface area contributed by atoms with Gasteiger partial charge in [0.25, 0.3) is 0 Å². The lowest BCUT2D eigenvalue weighted by Gasteiger charge is -2.20. The van der Waals surface area contributed by atoms with E-state index in [4.69, 9.17) is 4.42 Å². The average molecular weight is 362 g/mol. The SMILES string of the molecule is CN=C(NCCc1nnc2ccccn12)N(C)Cc1cc2ccccc2o1. The first-order chi connectivity index (χ1) is 13.2. The Bertz CT molecular complexity index is 1050. The van der Waals surface area contributed by atoms with Gasteiger partial charge in [-0.3, -0.25) is 9.39 Å². The van der Waals surface area contributed by atoms with E-state index < -0.39 is 0 Å². The summed E-state index contributed by atoms with van der Waals surface area (Å²) in [6.07, 6.45) is 2.73.